The summed E-state index contributed by atoms with van der Waals surface area (Å²) in [6.45, 7) is 3.24. The average Bonchev–Trinajstić information content (AvgIpc) is 2.43. The van der Waals surface area contributed by atoms with Crippen molar-refractivity contribution >= 4 is 11.6 Å². The number of nitrogens with two attached hydrogens (primary N) is 1. The predicted molar refractivity (Wildman–Crippen MR) is 78.1 cm³/mol. The fourth-order valence-electron chi connectivity index (χ4n) is 2.06. The molecular weight excluding hydrogens is 274 g/mol. The van der Waals surface area contributed by atoms with E-state index in [-0.39, 0.29) is 11.6 Å². The number of carbonyl (C=O) groups is 1. The Kier molecular flexibility index (Phi) is 4.33. The van der Waals surface area contributed by atoms with Crippen LogP contribution < -0.4 is 11.1 Å². The molecule has 0 radical (unpaired) electrons. The quantitative estimate of drug-likeness (QED) is 0.908. The van der Waals surface area contributed by atoms with Gasteiger partial charge >= 0.3 is 0 Å². The molecule has 0 aliphatic carbocycles. The molecular formula is C16H16F2N2O. The number of amides is 1. The van der Waals surface area contributed by atoms with E-state index < -0.39 is 23.1 Å². The Morgan fingerprint density at radius 2 is 1.86 bits per heavy atom. The molecule has 1 unspecified atom stereocenters. The predicted octanol–water partition coefficient (Wildman–Crippen LogP) is 3.55. The third kappa shape index (κ3) is 3.08. The van der Waals surface area contributed by atoms with Gasteiger partial charge in [0.1, 0.15) is 17.2 Å². The van der Waals surface area contributed by atoms with Crippen LogP contribution in [0.5, 0.6) is 0 Å². The largest absolute Gasteiger partial charge is 0.324 e. The summed E-state index contributed by atoms with van der Waals surface area (Å²) in [5.41, 5.74) is 6.57. The molecule has 0 saturated carbocycles. The molecule has 3 nitrogen and oxygen atoms in total. The standard InChI is InChI=1S/C16H16F2N2O/c1-9-7-8-12(17)14(15(9)18)16(21)20-13-6-4-3-5-11(13)10(2)19/h3-8,10H,19H2,1-2H3,(H,20,21). The van der Waals surface area contributed by atoms with Crippen LogP contribution in [0, 0.1) is 18.6 Å². The van der Waals surface area contributed by atoms with Crippen molar-refractivity contribution in [3.63, 3.8) is 0 Å². The summed E-state index contributed by atoms with van der Waals surface area (Å²) < 4.78 is 27.7. The lowest BCUT2D eigenvalue weighted by atomic mass is 10.1. The first-order valence-electron chi connectivity index (χ1n) is 6.52. The zero-order valence-electron chi connectivity index (χ0n) is 11.8. The van der Waals surface area contributed by atoms with Crippen LogP contribution in [-0.2, 0) is 0 Å². The fraction of sp³-hybridized carbons (Fsp3) is 0.188. The highest BCUT2D eigenvalue weighted by molar-refractivity contribution is 6.05. The van der Waals surface area contributed by atoms with E-state index in [0.717, 1.165) is 6.07 Å². The summed E-state index contributed by atoms with van der Waals surface area (Å²) in [5.74, 6) is -2.58. The normalized spacial score (nSPS) is 12.0. The van der Waals surface area contributed by atoms with Crippen molar-refractivity contribution in [1.29, 1.82) is 0 Å². The van der Waals surface area contributed by atoms with Gasteiger partial charge in [0.05, 0.1) is 0 Å². The van der Waals surface area contributed by atoms with Crippen molar-refractivity contribution in [3.05, 3.63) is 64.7 Å². The Morgan fingerprint density at radius 1 is 1.19 bits per heavy atom. The Labute approximate surface area is 121 Å². The second-order valence-electron chi connectivity index (χ2n) is 4.88. The number of carbonyl (C=O) groups excluding carboxylic acids is 1. The minimum atomic E-state index is -0.895. The topological polar surface area (TPSA) is 55.1 Å². The van der Waals surface area contributed by atoms with E-state index in [4.69, 9.17) is 5.73 Å². The molecule has 0 heterocycles. The van der Waals surface area contributed by atoms with Crippen LogP contribution in [0.15, 0.2) is 36.4 Å². The first-order valence-corrected chi connectivity index (χ1v) is 6.52. The summed E-state index contributed by atoms with van der Waals surface area (Å²) in [7, 11) is 0. The number of para-hydroxylation sites is 1. The second-order valence-corrected chi connectivity index (χ2v) is 4.88. The van der Waals surface area contributed by atoms with Crippen molar-refractivity contribution in [3.8, 4) is 0 Å². The lowest BCUT2D eigenvalue weighted by Gasteiger charge is -2.14. The van der Waals surface area contributed by atoms with Crippen LogP contribution in [-0.4, -0.2) is 5.91 Å². The lowest BCUT2D eigenvalue weighted by molar-refractivity contribution is 0.101. The molecule has 0 saturated heterocycles. The summed E-state index contributed by atoms with van der Waals surface area (Å²) >= 11 is 0. The molecule has 1 atom stereocenters. The molecule has 0 fully saturated rings. The van der Waals surface area contributed by atoms with Gasteiger partial charge in [-0.15, -0.1) is 0 Å². The number of rotatable bonds is 3. The van der Waals surface area contributed by atoms with E-state index in [9.17, 15) is 13.6 Å². The Balaban J connectivity index is 2.38. The Morgan fingerprint density at radius 3 is 2.52 bits per heavy atom. The number of hydrogen-bond donors (Lipinski definition) is 2. The molecule has 2 aromatic carbocycles. The zero-order valence-corrected chi connectivity index (χ0v) is 11.8. The van der Waals surface area contributed by atoms with Gasteiger partial charge in [0.15, 0.2) is 0 Å². The summed E-state index contributed by atoms with van der Waals surface area (Å²) in [6, 6.07) is 8.94. The van der Waals surface area contributed by atoms with Crippen molar-refractivity contribution in [2.75, 3.05) is 5.32 Å². The molecule has 110 valence electrons. The number of benzene rings is 2. The maximum absolute atomic E-state index is 13.9. The fourth-order valence-corrected chi connectivity index (χ4v) is 2.06. The van der Waals surface area contributed by atoms with Gasteiger partial charge in [0.2, 0.25) is 0 Å². The molecule has 1 amide bonds. The van der Waals surface area contributed by atoms with Crippen LogP contribution in [0.3, 0.4) is 0 Å². The third-order valence-corrected chi connectivity index (χ3v) is 3.21. The van der Waals surface area contributed by atoms with Crippen LogP contribution in [0.2, 0.25) is 0 Å². The molecule has 3 N–H and O–H groups in total. The molecule has 0 aliphatic rings. The van der Waals surface area contributed by atoms with Crippen molar-refractivity contribution in [2.24, 2.45) is 5.73 Å². The van der Waals surface area contributed by atoms with E-state index in [0.29, 0.717) is 11.3 Å². The molecule has 0 aliphatic heterocycles. The highest BCUT2D eigenvalue weighted by atomic mass is 19.1. The number of aryl methyl sites for hydroxylation is 1. The molecule has 2 rings (SSSR count). The highest BCUT2D eigenvalue weighted by Crippen LogP contribution is 2.23. The number of halogens is 2. The van der Waals surface area contributed by atoms with Gasteiger partial charge in [-0.2, -0.15) is 0 Å². The van der Waals surface area contributed by atoms with E-state index in [1.165, 1.54) is 13.0 Å². The number of anilines is 1. The Bertz CT molecular complexity index is 684. The maximum atomic E-state index is 13.9. The van der Waals surface area contributed by atoms with E-state index in [1.54, 1.807) is 31.2 Å². The molecule has 0 spiro atoms. The molecule has 2 aromatic rings. The lowest BCUT2D eigenvalue weighted by Crippen LogP contribution is -2.19. The van der Waals surface area contributed by atoms with Crippen LogP contribution in [0.1, 0.15) is 34.5 Å². The summed E-state index contributed by atoms with van der Waals surface area (Å²) in [6.07, 6.45) is 0. The summed E-state index contributed by atoms with van der Waals surface area (Å²) in [4.78, 5) is 12.2. The number of hydrogen-bond acceptors (Lipinski definition) is 2. The smallest absolute Gasteiger partial charge is 0.261 e. The monoisotopic (exact) mass is 290 g/mol. The molecule has 0 aromatic heterocycles. The highest BCUT2D eigenvalue weighted by Gasteiger charge is 2.20. The first-order chi connectivity index (χ1) is 9.91. The minimum Gasteiger partial charge on any atom is -0.324 e. The van der Waals surface area contributed by atoms with Gasteiger partial charge in [0.25, 0.3) is 5.91 Å². The van der Waals surface area contributed by atoms with Crippen LogP contribution >= 0.6 is 0 Å². The van der Waals surface area contributed by atoms with Crippen molar-refractivity contribution < 1.29 is 13.6 Å². The minimum absolute atomic E-state index is 0.210. The third-order valence-electron chi connectivity index (χ3n) is 3.21. The first kappa shape index (κ1) is 15.1. The molecule has 5 heteroatoms. The van der Waals surface area contributed by atoms with Gasteiger partial charge < -0.3 is 11.1 Å². The molecule has 0 bridgehead atoms. The maximum Gasteiger partial charge on any atom is 0.261 e. The number of nitrogens with one attached hydrogen (secondary N) is 1. The zero-order chi connectivity index (χ0) is 15.6. The second kappa shape index (κ2) is 6.01. The average molecular weight is 290 g/mol. The van der Waals surface area contributed by atoms with E-state index >= 15 is 0 Å². The van der Waals surface area contributed by atoms with Gasteiger partial charge in [-0.25, -0.2) is 8.78 Å². The SMILES string of the molecule is Cc1ccc(F)c(C(=O)Nc2ccccc2C(C)N)c1F. The van der Waals surface area contributed by atoms with Crippen molar-refractivity contribution in [1.82, 2.24) is 0 Å². The molecule has 21 heavy (non-hydrogen) atoms. The van der Waals surface area contributed by atoms with Gasteiger partial charge in [-0.3, -0.25) is 4.79 Å². The van der Waals surface area contributed by atoms with Gasteiger partial charge in [-0.05, 0) is 37.1 Å². The summed E-state index contributed by atoms with van der Waals surface area (Å²) in [5, 5.41) is 2.52. The Hall–Kier alpha value is -2.27. The van der Waals surface area contributed by atoms with Crippen molar-refractivity contribution in [2.45, 2.75) is 19.9 Å². The van der Waals surface area contributed by atoms with Gasteiger partial charge in [-0.1, -0.05) is 24.3 Å². The van der Waals surface area contributed by atoms with E-state index in [2.05, 4.69) is 5.32 Å². The van der Waals surface area contributed by atoms with Gasteiger partial charge in [0, 0.05) is 11.7 Å². The van der Waals surface area contributed by atoms with Crippen LogP contribution in [0.25, 0.3) is 0 Å². The van der Waals surface area contributed by atoms with E-state index in [1.807, 2.05) is 0 Å². The van der Waals surface area contributed by atoms with Crippen LogP contribution in [0.4, 0.5) is 14.5 Å².